The molecule has 3 aromatic rings. The third kappa shape index (κ3) is 3.12. The van der Waals surface area contributed by atoms with E-state index in [0.29, 0.717) is 23.6 Å². The maximum absolute atomic E-state index is 12.3. The zero-order valence-corrected chi connectivity index (χ0v) is 16.3. The van der Waals surface area contributed by atoms with Crippen LogP contribution in [-0.2, 0) is 31.9 Å². The van der Waals surface area contributed by atoms with Gasteiger partial charge >= 0.3 is 5.69 Å². The van der Waals surface area contributed by atoms with Crippen LogP contribution in [0.1, 0.15) is 28.2 Å². The zero-order valence-electron chi connectivity index (χ0n) is 16.3. The standard InChI is InChI=1S/C19H20N6O4/c1-23-9-10-4-5-11(8-12(10)17(23)27)20-14(26)7-6-13-21-15-16(22-13)24(2)19(29)25(3)18(15)28/h4-5,8H,6-7,9H2,1-3H3,(H,20,26)(H,21,22). The topological polar surface area (TPSA) is 122 Å². The summed E-state index contributed by atoms with van der Waals surface area (Å²) in [5.74, 6) is 0.135. The van der Waals surface area contributed by atoms with Gasteiger partial charge in [0.1, 0.15) is 11.3 Å². The molecule has 0 atom stereocenters. The lowest BCUT2D eigenvalue weighted by Crippen LogP contribution is -2.36. The fourth-order valence-electron chi connectivity index (χ4n) is 3.47. The summed E-state index contributed by atoms with van der Waals surface area (Å²) in [6, 6.07) is 5.28. The highest BCUT2D eigenvalue weighted by atomic mass is 16.2. The fourth-order valence-corrected chi connectivity index (χ4v) is 3.47. The van der Waals surface area contributed by atoms with E-state index in [-0.39, 0.29) is 35.8 Å². The molecule has 2 N–H and O–H groups in total. The molecule has 1 aliphatic rings. The fraction of sp³-hybridized carbons (Fsp3) is 0.316. The van der Waals surface area contributed by atoms with E-state index >= 15 is 0 Å². The normalized spacial score (nSPS) is 13.2. The van der Waals surface area contributed by atoms with E-state index in [1.54, 1.807) is 24.1 Å². The average molecular weight is 396 g/mol. The maximum Gasteiger partial charge on any atom is 0.332 e. The van der Waals surface area contributed by atoms with Gasteiger partial charge < -0.3 is 15.2 Å². The van der Waals surface area contributed by atoms with Crippen LogP contribution in [0.25, 0.3) is 11.2 Å². The Kier molecular flexibility index (Phi) is 4.33. The molecular weight excluding hydrogens is 376 g/mol. The van der Waals surface area contributed by atoms with E-state index in [1.807, 2.05) is 6.07 Å². The molecule has 2 amide bonds. The molecule has 0 saturated heterocycles. The van der Waals surface area contributed by atoms with Crippen molar-refractivity contribution >= 4 is 28.7 Å². The van der Waals surface area contributed by atoms with Crippen molar-refractivity contribution < 1.29 is 9.59 Å². The first-order valence-electron chi connectivity index (χ1n) is 9.09. The maximum atomic E-state index is 12.3. The van der Waals surface area contributed by atoms with Crippen molar-refractivity contribution in [2.45, 2.75) is 19.4 Å². The number of nitrogens with zero attached hydrogens (tertiary/aromatic N) is 4. The second-order valence-electron chi connectivity index (χ2n) is 7.17. The van der Waals surface area contributed by atoms with Crippen LogP contribution in [0.15, 0.2) is 27.8 Å². The van der Waals surface area contributed by atoms with Crippen LogP contribution >= 0.6 is 0 Å². The quantitative estimate of drug-likeness (QED) is 0.649. The number of hydrogen-bond donors (Lipinski definition) is 2. The van der Waals surface area contributed by atoms with Crippen molar-refractivity contribution in [2.24, 2.45) is 14.1 Å². The third-order valence-electron chi connectivity index (χ3n) is 5.11. The third-order valence-corrected chi connectivity index (χ3v) is 5.11. The number of H-pyrrole nitrogens is 1. The van der Waals surface area contributed by atoms with Crippen LogP contribution in [0.3, 0.4) is 0 Å². The van der Waals surface area contributed by atoms with Crippen molar-refractivity contribution in [1.82, 2.24) is 24.0 Å². The van der Waals surface area contributed by atoms with E-state index in [4.69, 9.17) is 0 Å². The van der Waals surface area contributed by atoms with Crippen LogP contribution in [0.4, 0.5) is 5.69 Å². The Bertz CT molecular complexity index is 1280. The summed E-state index contributed by atoms with van der Waals surface area (Å²) >= 11 is 0. The molecule has 2 aromatic heterocycles. The predicted molar refractivity (Wildman–Crippen MR) is 106 cm³/mol. The number of fused-ring (bicyclic) bond motifs is 2. The van der Waals surface area contributed by atoms with Gasteiger partial charge in [-0.05, 0) is 17.7 Å². The zero-order chi connectivity index (χ0) is 20.9. The molecule has 0 spiro atoms. The van der Waals surface area contributed by atoms with Crippen molar-refractivity contribution in [1.29, 1.82) is 0 Å². The summed E-state index contributed by atoms with van der Waals surface area (Å²) in [5.41, 5.74) is 1.65. The summed E-state index contributed by atoms with van der Waals surface area (Å²) in [6.45, 7) is 0.566. The smallest absolute Gasteiger partial charge is 0.332 e. The van der Waals surface area contributed by atoms with Gasteiger partial charge in [0, 0.05) is 51.8 Å². The Morgan fingerprint density at radius 1 is 1.17 bits per heavy atom. The lowest BCUT2D eigenvalue weighted by atomic mass is 10.1. The molecule has 29 heavy (non-hydrogen) atoms. The van der Waals surface area contributed by atoms with E-state index in [1.165, 1.54) is 18.7 Å². The molecule has 0 aliphatic carbocycles. The molecule has 0 radical (unpaired) electrons. The number of imidazole rings is 1. The van der Waals surface area contributed by atoms with Crippen molar-refractivity contribution in [3.63, 3.8) is 0 Å². The predicted octanol–water partition coefficient (Wildman–Crippen LogP) is 0.117. The summed E-state index contributed by atoms with van der Waals surface area (Å²) in [7, 11) is 4.67. The van der Waals surface area contributed by atoms with Gasteiger partial charge in [0.25, 0.3) is 11.5 Å². The number of rotatable bonds is 4. The number of aromatic nitrogens is 4. The second kappa shape index (κ2) is 6.73. The van der Waals surface area contributed by atoms with E-state index < -0.39 is 11.2 Å². The average Bonchev–Trinajstić information content (AvgIpc) is 3.25. The summed E-state index contributed by atoms with van der Waals surface area (Å²) < 4.78 is 2.29. The first-order chi connectivity index (χ1) is 13.8. The lowest BCUT2D eigenvalue weighted by molar-refractivity contribution is -0.116. The van der Waals surface area contributed by atoms with E-state index in [0.717, 1.165) is 10.1 Å². The van der Waals surface area contributed by atoms with Gasteiger partial charge in [-0.2, -0.15) is 0 Å². The van der Waals surface area contributed by atoms with E-state index in [9.17, 15) is 19.2 Å². The molecule has 0 bridgehead atoms. The van der Waals surface area contributed by atoms with Crippen LogP contribution in [0.2, 0.25) is 0 Å². The van der Waals surface area contributed by atoms with Gasteiger partial charge in [-0.3, -0.25) is 23.5 Å². The monoisotopic (exact) mass is 396 g/mol. The van der Waals surface area contributed by atoms with Gasteiger partial charge in [-0.15, -0.1) is 0 Å². The molecule has 150 valence electrons. The molecule has 0 saturated carbocycles. The first-order valence-corrected chi connectivity index (χ1v) is 9.09. The number of anilines is 1. The molecule has 10 heteroatoms. The summed E-state index contributed by atoms with van der Waals surface area (Å²) in [4.78, 5) is 57.4. The highest BCUT2D eigenvalue weighted by Crippen LogP contribution is 2.24. The van der Waals surface area contributed by atoms with E-state index in [2.05, 4.69) is 15.3 Å². The lowest BCUT2D eigenvalue weighted by Gasteiger charge is -2.06. The molecule has 1 aromatic carbocycles. The van der Waals surface area contributed by atoms with Crippen LogP contribution in [0, 0.1) is 0 Å². The van der Waals surface area contributed by atoms with Crippen LogP contribution < -0.4 is 16.6 Å². The number of amides is 2. The number of carbonyl (C=O) groups is 2. The van der Waals surface area contributed by atoms with Gasteiger partial charge in [-0.25, -0.2) is 9.78 Å². The molecule has 10 nitrogen and oxygen atoms in total. The Labute approximate surface area is 164 Å². The number of benzene rings is 1. The number of aromatic amines is 1. The van der Waals surface area contributed by atoms with Crippen LogP contribution in [0.5, 0.6) is 0 Å². The van der Waals surface area contributed by atoms with Crippen molar-refractivity contribution in [2.75, 3.05) is 12.4 Å². The number of aryl methyl sites for hydroxylation is 2. The largest absolute Gasteiger partial charge is 0.337 e. The number of hydrogen-bond acceptors (Lipinski definition) is 5. The molecular formula is C19H20N6O4. The number of carbonyl (C=O) groups excluding carboxylic acids is 2. The molecule has 1 aliphatic heterocycles. The Morgan fingerprint density at radius 2 is 1.93 bits per heavy atom. The highest BCUT2D eigenvalue weighted by molar-refractivity contribution is 6.00. The Hall–Kier alpha value is -3.69. The minimum absolute atomic E-state index is 0.0643. The molecule has 4 rings (SSSR count). The van der Waals surface area contributed by atoms with Crippen molar-refractivity contribution in [3.05, 3.63) is 56.0 Å². The van der Waals surface area contributed by atoms with Crippen molar-refractivity contribution in [3.8, 4) is 0 Å². The first kappa shape index (κ1) is 18.7. The minimum atomic E-state index is -0.463. The van der Waals surface area contributed by atoms with Gasteiger partial charge in [0.2, 0.25) is 5.91 Å². The SMILES string of the molecule is CN1Cc2ccc(NC(=O)CCc3nc4c([nH]3)c(=O)n(C)c(=O)n4C)cc2C1=O. The Balaban J connectivity index is 1.48. The van der Waals surface area contributed by atoms with Crippen LogP contribution in [-0.4, -0.2) is 42.9 Å². The summed E-state index contributed by atoms with van der Waals surface area (Å²) in [5, 5.41) is 2.78. The van der Waals surface area contributed by atoms with Gasteiger partial charge in [-0.1, -0.05) is 6.07 Å². The minimum Gasteiger partial charge on any atom is -0.337 e. The molecule has 0 unspecified atom stereocenters. The second-order valence-corrected chi connectivity index (χ2v) is 7.17. The molecule has 0 fully saturated rings. The number of nitrogens with one attached hydrogen (secondary N) is 2. The van der Waals surface area contributed by atoms with Gasteiger partial charge in [0.15, 0.2) is 5.65 Å². The Morgan fingerprint density at radius 3 is 2.69 bits per heavy atom. The molecule has 3 heterocycles. The summed E-state index contributed by atoms with van der Waals surface area (Å²) in [6.07, 6.45) is 0.392. The van der Waals surface area contributed by atoms with Gasteiger partial charge in [0.05, 0.1) is 0 Å². The highest BCUT2D eigenvalue weighted by Gasteiger charge is 2.24.